The number of methoxy groups -OCH3 is 2. The predicted molar refractivity (Wildman–Crippen MR) is 116 cm³/mol. The number of aromatic nitrogens is 1. The monoisotopic (exact) mass is 428 g/mol. The Morgan fingerprint density at radius 1 is 0.966 bits per heavy atom. The Hall–Kier alpha value is -2.70. The molecule has 5 nitrogen and oxygen atoms in total. The van der Waals surface area contributed by atoms with E-state index in [1.165, 1.54) is 11.8 Å². The van der Waals surface area contributed by atoms with Crippen molar-refractivity contribution in [1.29, 1.82) is 0 Å². The lowest BCUT2D eigenvalue weighted by Crippen LogP contribution is -2.30. The molecule has 3 rings (SSSR count). The number of hydrogen-bond acceptors (Lipinski definition) is 5. The van der Waals surface area contributed by atoms with Gasteiger partial charge in [-0.2, -0.15) is 0 Å². The zero-order valence-electron chi connectivity index (χ0n) is 16.1. The van der Waals surface area contributed by atoms with Crippen LogP contribution in [-0.4, -0.2) is 30.9 Å². The average molecular weight is 429 g/mol. The quantitative estimate of drug-likeness (QED) is 0.524. The van der Waals surface area contributed by atoms with Gasteiger partial charge in [-0.05, 0) is 47.5 Å². The number of carbonyl (C=O) groups excluding carboxylic acids is 1. The number of thioether (sulfide) groups is 1. The molecule has 2 aromatic carbocycles. The van der Waals surface area contributed by atoms with Gasteiger partial charge in [-0.1, -0.05) is 47.6 Å². The van der Waals surface area contributed by atoms with Crippen molar-refractivity contribution in [2.75, 3.05) is 20.0 Å². The molecule has 0 aliphatic rings. The zero-order chi connectivity index (χ0) is 20.6. The third-order valence-electron chi connectivity index (χ3n) is 4.25. The number of benzene rings is 2. The molecule has 0 saturated carbocycles. The Balaban J connectivity index is 1.75. The summed E-state index contributed by atoms with van der Waals surface area (Å²) in [6, 6.07) is 18.6. The van der Waals surface area contributed by atoms with Gasteiger partial charge >= 0.3 is 0 Å². The molecule has 0 unspecified atom stereocenters. The van der Waals surface area contributed by atoms with Crippen molar-refractivity contribution < 1.29 is 14.3 Å². The summed E-state index contributed by atoms with van der Waals surface area (Å²) >= 11 is 7.21. The molecule has 0 fully saturated rings. The molecule has 0 aliphatic heterocycles. The van der Waals surface area contributed by atoms with Gasteiger partial charge < -0.3 is 14.8 Å². The van der Waals surface area contributed by atoms with Crippen molar-refractivity contribution >= 4 is 29.3 Å². The van der Waals surface area contributed by atoms with Crippen molar-refractivity contribution in [1.82, 2.24) is 10.3 Å². The van der Waals surface area contributed by atoms with Gasteiger partial charge in [0.2, 0.25) is 5.91 Å². The van der Waals surface area contributed by atoms with Gasteiger partial charge in [-0.3, -0.25) is 4.79 Å². The molecule has 1 N–H and O–H groups in total. The first-order chi connectivity index (χ1) is 14.1. The Morgan fingerprint density at radius 3 is 1.97 bits per heavy atom. The second-order valence-electron chi connectivity index (χ2n) is 6.15. The first-order valence-corrected chi connectivity index (χ1v) is 10.3. The molecule has 1 heterocycles. The fourth-order valence-electron chi connectivity index (χ4n) is 2.74. The van der Waals surface area contributed by atoms with Crippen LogP contribution in [0.2, 0.25) is 5.02 Å². The number of nitrogens with one attached hydrogen (secondary N) is 1. The van der Waals surface area contributed by atoms with E-state index in [9.17, 15) is 4.79 Å². The van der Waals surface area contributed by atoms with Crippen LogP contribution < -0.4 is 14.8 Å². The molecular formula is C22H21ClN2O3S. The lowest BCUT2D eigenvalue weighted by Gasteiger charge is -2.20. The topological polar surface area (TPSA) is 60.5 Å². The van der Waals surface area contributed by atoms with E-state index < -0.39 is 0 Å². The van der Waals surface area contributed by atoms with Crippen LogP contribution in [0.25, 0.3) is 0 Å². The Morgan fingerprint density at radius 2 is 1.52 bits per heavy atom. The maximum Gasteiger partial charge on any atom is 0.231 e. The molecule has 150 valence electrons. The summed E-state index contributed by atoms with van der Waals surface area (Å²) in [6.45, 7) is 0. The molecule has 1 amide bonds. The van der Waals surface area contributed by atoms with Crippen LogP contribution in [-0.2, 0) is 4.79 Å². The first-order valence-electron chi connectivity index (χ1n) is 8.90. The van der Waals surface area contributed by atoms with Crippen LogP contribution in [0.5, 0.6) is 11.5 Å². The molecule has 29 heavy (non-hydrogen) atoms. The van der Waals surface area contributed by atoms with Gasteiger partial charge in [0.1, 0.15) is 11.5 Å². The summed E-state index contributed by atoms with van der Waals surface area (Å²) in [7, 11) is 3.25. The van der Waals surface area contributed by atoms with E-state index >= 15 is 0 Å². The summed E-state index contributed by atoms with van der Waals surface area (Å²) in [6.07, 6.45) is 1.57. The van der Waals surface area contributed by atoms with Crippen molar-refractivity contribution in [3.8, 4) is 11.5 Å². The van der Waals surface area contributed by atoms with Gasteiger partial charge in [0, 0.05) is 6.20 Å². The Kier molecular flexibility index (Phi) is 7.38. The highest BCUT2D eigenvalue weighted by molar-refractivity contribution is 7.99. The lowest BCUT2D eigenvalue weighted by atomic mass is 9.98. The van der Waals surface area contributed by atoms with Crippen molar-refractivity contribution in [2.24, 2.45) is 0 Å². The maximum absolute atomic E-state index is 12.7. The fourth-order valence-corrected chi connectivity index (χ4v) is 3.51. The van der Waals surface area contributed by atoms with E-state index in [2.05, 4.69) is 10.3 Å². The smallest absolute Gasteiger partial charge is 0.231 e. The number of halogens is 1. The van der Waals surface area contributed by atoms with Crippen LogP contribution in [0.1, 0.15) is 17.2 Å². The molecule has 0 aliphatic carbocycles. The first kappa shape index (κ1) is 21.0. The fraction of sp³-hybridized carbons (Fsp3) is 0.182. The number of amides is 1. The molecule has 0 atom stereocenters. The molecule has 0 saturated heterocycles. The second-order valence-corrected chi connectivity index (χ2v) is 7.58. The normalized spacial score (nSPS) is 10.6. The van der Waals surface area contributed by atoms with Crippen LogP contribution in [0, 0.1) is 0 Å². The SMILES string of the molecule is COc1ccc(C(NC(=O)CSc2ccc(Cl)cn2)c2ccc(OC)cc2)cc1. The summed E-state index contributed by atoms with van der Waals surface area (Å²) in [5.74, 6) is 1.68. The molecule has 3 aromatic rings. The number of pyridine rings is 1. The van der Waals surface area contributed by atoms with Gasteiger partial charge in [-0.25, -0.2) is 4.98 Å². The third kappa shape index (κ3) is 5.89. The van der Waals surface area contributed by atoms with E-state index in [1.54, 1.807) is 32.5 Å². The molecular weight excluding hydrogens is 408 g/mol. The summed E-state index contributed by atoms with van der Waals surface area (Å²) < 4.78 is 10.5. The second kappa shape index (κ2) is 10.2. The largest absolute Gasteiger partial charge is 0.497 e. The van der Waals surface area contributed by atoms with E-state index in [4.69, 9.17) is 21.1 Å². The van der Waals surface area contributed by atoms with E-state index in [-0.39, 0.29) is 17.7 Å². The summed E-state index contributed by atoms with van der Waals surface area (Å²) in [4.78, 5) is 16.9. The van der Waals surface area contributed by atoms with Gasteiger partial charge in [0.15, 0.2) is 0 Å². The predicted octanol–water partition coefficient (Wildman–Crippen LogP) is 4.75. The summed E-state index contributed by atoms with van der Waals surface area (Å²) in [5.41, 5.74) is 1.91. The lowest BCUT2D eigenvalue weighted by molar-refractivity contribution is -0.119. The third-order valence-corrected chi connectivity index (χ3v) is 5.42. The minimum Gasteiger partial charge on any atom is -0.497 e. The number of nitrogens with zero attached hydrogens (tertiary/aromatic N) is 1. The van der Waals surface area contributed by atoms with Crippen LogP contribution in [0.3, 0.4) is 0 Å². The molecule has 0 bridgehead atoms. The summed E-state index contributed by atoms with van der Waals surface area (Å²) in [5, 5.41) is 4.42. The van der Waals surface area contributed by atoms with E-state index in [1.807, 2.05) is 48.5 Å². The number of rotatable bonds is 8. The number of carbonyl (C=O) groups is 1. The zero-order valence-corrected chi connectivity index (χ0v) is 17.7. The minimum atomic E-state index is -0.293. The van der Waals surface area contributed by atoms with Gasteiger partial charge in [0.05, 0.1) is 36.1 Å². The standard InChI is InChI=1S/C22H21ClN2O3S/c1-27-18-8-3-15(4-9-18)22(16-5-10-19(28-2)11-6-16)25-20(26)14-29-21-12-7-17(23)13-24-21/h3-13,22H,14H2,1-2H3,(H,25,26). The van der Waals surface area contributed by atoms with Crippen LogP contribution in [0.15, 0.2) is 71.9 Å². The van der Waals surface area contributed by atoms with E-state index in [0.717, 1.165) is 27.7 Å². The van der Waals surface area contributed by atoms with Crippen LogP contribution >= 0.6 is 23.4 Å². The molecule has 7 heteroatoms. The Labute approximate surface area is 179 Å². The van der Waals surface area contributed by atoms with Gasteiger partial charge in [0.25, 0.3) is 0 Å². The van der Waals surface area contributed by atoms with E-state index in [0.29, 0.717) is 5.02 Å². The number of hydrogen-bond donors (Lipinski definition) is 1. The molecule has 0 radical (unpaired) electrons. The highest BCUT2D eigenvalue weighted by Gasteiger charge is 2.17. The maximum atomic E-state index is 12.7. The average Bonchev–Trinajstić information content (AvgIpc) is 2.77. The highest BCUT2D eigenvalue weighted by atomic mass is 35.5. The highest BCUT2D eigenvalue weighted by Crippen LogP contribution is 2.26. The minimum absolute atomic E-state index is 0.0941. The Bertz CT molecular complexity index is 884. The van der Waals surface area contributed by atoms with Crippen LogP contribution in [0.4, 0.5) is 0 Å². The molecule has 0 spiro atoms. The van der Waals surface area contributed by atoms with Gasteiger partial charge in [-0.15, -0.1) is 0 Å². The number of ether oxygens (including phenoxy) is 2. The molecule has 1 aromatic heterocycles. The van der Waals surface area contributed by atoms with Crippen molar-refractivity contribution in [2.45, 2.75) is 11.1 Å². The van der Waals surface area contributed by atoms with Crippen molar-refractivity contribution in [3.63, 3.8) is 0 Å². The van der Waals surface area contributed by atoms with Crippen molar-refractivity contribution in [3.05, 3.63) is 83.0 Å².